The minimum Gasteiger partial charge on any atom is -0.474 e. The first kappa shape index (κ1) is 11.0. The smallest absolute Gasteiger partial charge is 0.394 e. The second kappa shape index (κ2) is 4.43. The zero-order valence-corrected chi connectivity index (χ0v) is 9.09. The Morgan fingerprint density at radius 1 is 1.43 bits per heavy atom. The molecule has 0 saturated heterocycles. The van der Waals surface area contributed by atoms with Gasteiger partial charge in [0.15, 0.2) is 0 Å². The summed E-state index contributed by atoms with van der Waals surface area (Å²) in [5.74, 6) is -2.63. The Morgan fingerprint density at radius 3 is 2.57 bits per heavy atom. The van der Waals surface area contributed by atoms with Gasteiger partial charge in [0.1, 0.15) is 0 Å². The van der Waals surface area contributed by atoms with Crippen molar-refractivity contribution >= 4 is 45.1 Å². The Bertz CT molecular complexity index is 394. The predicted octanol–water partition coefficient (Wildman–Crippen LogP) is 2.13. The number of halogens is 2. The van der Waals surface area contributed by atoms with Gasteiger partial charge < -0.3 is 10.4 Å². The van der Waals surface area contributed by atoms with Gasteiger partial charge in [-0.15, -0.1) is 0 Å². The molecule has 2 N–H and O–H groups in total. The molecule has 0 unspecified atom stereocenters. The van der Waals surface area contributed by atoms with Crippen LogP contribution >= 0.6 is 27.5 Å². The van der Waals surface area contributed by atoms with Crippen molar-refractivity contribution in [2.24, 2.45) is 0 Å². The minimum atomic E-state index is -1.54. The fraction of sp³-hybridized carbons (Fsp3) is 0. The Kier molecular flexibility index (Phi) is 3.49. The summed E-state index contributed by atoms with van der Waals surface area (Å²) in [7, 11) is 0. The summed E-state index contributed by atoms with van der Waals surface area (Å²) in [5, 5.41) is 11.0. The zero-order chi connectivity index (χ0) is 10.7. The molecule has 0 heterocycles. The van der Waals surface area contributed by atoms with Gasteiger partial charge in [0.2, 0.25) is 0 Å². The van der Waals surface area contributed by atoms with Crippen LogP contribution in [-0.4, -0.2) is 17.0 Å². The van der Waals surface area contributed by atoms with E-state index in [1.807, 2.05) is 0 Å². The lowest BCUT2D eigenvalue weighted by atomic mass is 10.3. The van der Waals surface area contributed by atoms with E-state index in [-0.39, 0.29) is 0 Å². The first-order chi connectivity index (χ1) is 6.50. The van der Waals surface area contributed by atoms with Crippen LogP contribution in [0.25, 0.3) is 0 Å². The van der Waals surface area contributed by atoms with E-state index in [2.05, 4.69) is 21.2 Å². The molecule has 0 radical (unpaired) electrons. The summed E-state index contributed by atoms with van der Waals surface area (Å²) in [4.78, 5) is 21.0. The number of anilines is 1. The average Bonchev–Trinajstić information content (AvgIpc) is 2.09. The van der Waals surface area contributed by atoms with E-state index in [1.165, 1.54) is 6.07 Å². The number of carbonyl (C=O) groups is 2. The van der Waals surface area contributed by atoms with Crippen molar-refractivity contribution in [2.45, 2.75) is 0 Å². The summed E-state index contributed by atoms with van der Waals surface area (Å²) < 4.78 is 0.527. The molecule has 1 amide bonds. The highest BCUT2D eigenvalue weighted by atomic mass is 79.9. The van der Waals surface area contributed by atoms with Crippen LogP contribution in [0, 0.1) is 0 Å². The van der Waals surface area contributed by atoms with E-state index < -0.39 is 11.9 Å². The van der Waals surface area contributed by atoms with Crippen molar-refractivity contribution in [1.29, 1.82) is 0 Å². The van der Waals surface area contributed by atoms with Gasteiger partial charge in [0.05, 0.1) is 5.69 Å². The largest absolute Gasteiger partial charge is 0.474 e. The van der Waals surface area contributed by atoms with Gasteiger partial charge >= 0.3 is 11.9 Å². The average molecular weight is 278 g/mol. The fourth-order valence-electron chi connectivity index (χ4n) is 0.767. The number of carboxylic acids is 1. The lowest BCUT2D eigenvalue weighted by Gasteiger charge is -2.04. The first-order valence-corrected chi connectivity index (χ1v) is 4.67. The van der Waals surface area contributed by atoms with Crippen molar-refractivity contribution in [1.82, 2.24) is 0 Å². The van der Waals surface area contributed by atoms with E-state index in [4.69, 9.17) is 16.7 Å². The maximum absolute atomic E-state index is 10.8. The molecule has 0 saturated carbocycles. The van der Waals surface area contributed by atoms with Crippen LogP contribution in [0.15, 0.2) is 22.7 Å². The van der Waals surface area contributed by atoms with Crippen LogP contribution in [0.1, 0.15) is 0 Å². The fourth-order valence-corrected chi connectivity index (χ4v) is 1.55. The molecule has 0 bridgehead atoms. The molecule has 1 rings (SSSR count). The number of carboxylic acid groups (broad SMARTS) is 1. The van der Waals surface area contributed by atoms with Crippen LogP contribution in [0.4, 0.5) is 5.69 Å². The molecule has 0 spiro atoms. The highest BCUT2D eigenvalue weighted by Gasteiger charge is 2.12. The van der Waals surface area contributed by atoms with Crippen LogP contribution in [0.3, 0.4) is 0 Å². The minimum absolute atomic E-state index is 0.363. The molecule has 0 atom stereocenters. The van der Waals surface area contributed by atoms with Crippen molar-refractivity contribution in [3.63, 3.8) is 0 Å². The molecule has 6 heteroatoms. The molecule has 0 aliphatic heterocycles. The second-order valence-electron chi connectivity index (χ2n) is 2.38. The lowest BCUT2D eigenvalue weighted by molar-refractivity contribution is -0.147. The summed E-state index contributed by atoms with van der Waals surface area (Å²) in [5.41, 5.74) is 0.363. The highest BCUT2D eigenvalue weighted by molar-refractivity contribution is 9.10. The number of amides is 1. The number of carbonyl (C=O) groups excluding carboxylic acids is 1. The molecular formula is C8H5BrClNO3. The maximum atomic E-state index is 10.8. The molecule has 14 heavy (non-hydrogen) atoms. The summed E-state index contributed by atoms with van der Waals surface area (Å²) in [6, 6.07) is 4.61. The second-order valence-corrected chi connectivity index (χ2v) is 3.67. The Labute approximate surface area is 93.0 Å². The molecule has 1 aromatic rings. The van der Waals surface area contributed by atoms with Crippen molar-refractivity contribution in [2.75, 3.05) is 5.32 Å². The van der Waals surface area contributed by atoms with Gasteiger partial charge in [0.25, 0.3) is 0 Å². The van der Waals surface area contributed by atoms with Crippen molar-refractivity contribution < 1.29 is 14.7 Å². The number of aliphatic carboxylic acids is 1. The standard InChI is InChI=1S/C8H5BrClNO3/c9-5-3-4(10)1-2-6(5)11-7(12)8(13)14/h1-3H,(H,11,12)(H,13,14). The van der Waals surface area contributed by atoms with Gasteiger partial charge in [-0.3, -0.25) is 4.79 Å². The quantitative estimate of drug-likeness (QED) is 0.773. The molecule has 1 aromatic carbocycles. The van der Waals surface area contributed by atoms with E-state index in [9.17, 15) is 9.59 Å². The van der Waals surface area contributed by atoms with Gasteiger partial charge in [-0.1, -0.05) is 11.6 Å². The number of hydrogen-bond donors (Lipinski definition) is 2. The van der Waals surface area contributed by atoms with Crippen molar-refractivity contribution in [3.05, 3.63) is 27.7 Å². The van der Waals surface area contributed by atoms with Gasteiger partial charge in [-0.2, -0.15) is 0 Å². The third-order valence-corrected chi connectivity index (χ3v) is 2.26. The van der Waals surface area contributed by atoms with E-state index >= 15 is 0 Å². The van der Waals surface area contributed by atoms with E-state index in [0.29, 0.717) is 15.2 Å². The predicted molar refractivity (Wildman–Crippen MR) is 55.4 cm³/mol. The van der Waals surface area contributed by atoms with Gasteiger partial charge in [-0.05, 0) is 34.1 Å². The van der Waals surface area contributed by atoms with E-state index in [0.717, 1.165) is 0 Å². The molecule has 74 valence electrons. The van der Waals surface area contributed by atoms with Crippen LogP contribution in [0.2, 0.25) is 5.02 Å². The van der Waals surface area contributed by atoms with Gasteiger partial charge in [0, 0.05) is 9.50 Å². The maximum Gasteiger partial charge on any atom is 0.394 e. The summed E-state index contributed by atoms with van der Waals surface area (Å²) >= 11 is 8.79. The molecule has 0 fully saturated rings. The van der Waals surface area contributed by atoms with Crippen LogP contribution < -0.4 is 5.32 Å². The van der Waals surface area contributed by atoms with E-state index in [1.54, 1.807) is 12.1 Å². The molecule has 0 aromatic heterocycles. The molecular weight excluding hydrogens is 273 g/mol. The monoisotopic (exact) mass is 277 g/mol. The summed E-state index contributed by atoms with van der Waals surface area (Å²) in [6.45, 7) is 0. The third-order valence-electron chi connectivity index (χ3n) is 1.37. The number of rotatable bonds is 1. The number of benzene rings is 1. The van der Waals surface area contributed by atoms with Crippen molar-refractivity contribution in [3.8, 4) is 0 Å². The topological polar surface area (TPSA) is 66.4 Å². The SMILES string of the molecule is O=C(O)C(=O)Nc1ccc(Cl)cc1Br. The number of nitrogens with one attached hydrogen (secondary N) is 1. The molecule has 0 aliphatic rings. The van der Waals surface area contributed by atoms with Crippen LogP contribution in [0.5, 0.6) is 0 Å². The first-order valence-electron chi connectivity index (χ1n) is 3.50. The Balaban J connectivity index is 2.87. The Hall–Kier alpha value is -1.07. The molecule has 0 aliphatic carbocycles. The number of hydrogen-bond acceptors (Lipinski definition) is 2. The molecule has 4 nitrogen and oxygen atoms in total. The lowest BCUT2D eigenvalue weighted by Crippen LogP contribution is -2.21. The summed E-state index contributed by atoms with van der Waals surface area (Å²) in [6.07, 6.45) is 0. The zero-order valence-electron chi connectivity index (χ0n) is 6.75. The third kappa shape index (κ3) is 2.71. The van der Waals surface area contributed by atoms with Crippen LogP contribution in [-0.2, 0) is 9.59 Å². The highest BCUT2D eigenvalue weighted by Crippen LogP contribution is 2.25. The van der Waals surface area contributed by atoms with Gasteiger partial charge in [-0.25, -0.2) is 4.79 Å². The Morgan fingerprint density at radius 2 is 2.07 bits per heavy atom. The normalized spacial score (nSPS) is 9.57.